The van der Waals surface area contributed by atoms with Gasteiger partial charge in [0.05, 0.1) is 0 Å². The Balaban J connectivity index is 1.58. The van der Waals surface area contributed by atoms with Crippen LogP contribution in [0.5, 0.6) is 0 Å². The minimum Gasteiger partial charge on any atom is -0.0851 e. The Kier molecular flexibility index (Phi) is 7.74. The first-order chi connectivity index (χ1) is 11.8. The number of hydrogen-bond donors (Lipinski definition) is 0. The zero-order chi connectivity index (χ0) is 16.6. The lowest BCUT2D eigenvalue weighted by molar-refractivity contribution is 0.193. The van der Waals surface area contributed by atoms with Gasteiger partial charge in [0.2, 0.25) is 0 Å². The summed E-state index contributed by atoms with van der Waals surface area (Å²) >= 11 is 0. The van der Waals surface area contributed by atoms with Crippen LogP contribution in [0.15, 0.2) is 12.2 Å². The molecule has 0 saturated heterocycles. The molecule has 2 atom stereocenters. The molecule has 3 fully saturated rings. The lowest BCUT2D eigenvalue weighted by atomic mass is 9.71. The fraction of sp³-hybridized carbons (Fsp3) is 0.917. The molecule has 0 nitrogen and oxygen atoms in total. The lowest BCUT2D eigenvalue weighted by Gasteiger charge is -2.34. The van der Waals surface area contributed by atoms with Crippen molar-refractivity contribution >= 4 is 0 Å². The average molecular weight is 331 g/mol. The topological polar surface area (TPSA) is 0 Å². The van der Waals surface area contributed by atoms with E-state index in [4.69, 9.17) is 0 Å². The molecule has 3 rings (SSSR count). The van der Waals surface area contributed by atoms with E-state index in [9.17, 15) is 0 Å². The molecule has 0 spiro atoms. The average Bonchev–Trinajstić information content (AvgIpc) is 2.67. The molecule has 0 aromatic carbocycles. The van der Waals surface area contributed by atoms with Crippen LogP contribution in [0.4, 0.5) is 0 Å². The first-order valence-corrected chi connectivity index (χ1v) is 11.5. The molecule has 3 aliphatic rings. The second-order valence-electron chi connectivity index (χ2n) is 9.46. The van der Waals surface area contributed by atoms with Crippen molar-refractivity contribution in [1.29, 1.82) is 0 Å². The highest BCUT2D eigenvalue weighted by molar-refractivity contribution is 4.97. The highest BCUT2D eigenvalue weighted by Crippen LogP contribution is 2.39. The van der Waals surface area contributed by atoms with Crippen molar-refractivity contribution in [3.8, 4) is 0 Å². The van der Waals surface area contributed by atoms with E-state index in [0.717, 1.165) is 29.6 Å². The van der Waals surface area contributed by atoms with E-state index in [0.29, 0.717) is 0 Å². The van der Waals surface area contributed by atoms with E-state index >= 15 is 0 Å². The molecule has 0 aliphatic heterocycles. The zero-order valence-electron chi connectivity index (χ0n) is 16.4. The van der Waals surface area contributed by atoms with E-state index in [1.54, 1.807) is 0 Å². The van der Waals surface area contributed by atoms with Crippen LogP contribution < -0.4 is 0 Å². The van der Waals surface area contributed by atoms with Crippen LogP contribution in [0.1, 0.15) is 110 Å². The van der Waals surface area contributed by atoms with Gasteiger partial charge < -0.3 is 0 Å². The first kappa shape index (κ1) is 18.5. The van der Waals surface area contributed by atoms with Crippen molar-refractivity contribution < 1.29 is 0 Å². The van der Waals surface area contributed by atoms with E-state index in [-0.39, 0.29) is 0 Å². The van der Waals surface area contributed by atoms with Crippen LogP contribution in [0.3, 0.4) is 0 Å². The summed E-state index contributed by atoms with van der Waals surface area (Å²) in [5, 5.41) is 0. The van der Waals surface area contributed by atoms with Crippen LogP contribution in [0, 0.1) is 29.6 Å². The molecule has 3 aliphatic carbocycles. The Bertz CT molecular complexity index is 350. The van der Waals surface area contributed by atoms with E-state index < -0.39 is 0 Å². The summed E-state index contributed by atoms with van der Waals surface area (Å²) in [6, 6.07) is 0. The molecule has 0 radical (unpaired) electrons. The van der Waals surface area contributed by atoms with Gasteiger partial charge in [-0.3, -0.25) is 0 Å². The van der Waals surface area contributed by atoms with Crippen LogP contribution >= 0.6 is 0 Å². The molecule has 138 valence electrons. The third-order valence-electron chi connectivity index (χ3n) is 7.63. The second-order valence-corrected chi connectivity index (χ2v) is 9.46. The van der Waals surface area contributed by atoms with Crippen molar-refractivity contribution in [2.45, 2.75) is 110 Å². The van der Waals surface area contributed by atoms with Crippen LogP contribution in [0.25, 0.3) is 0 Å². The summed E-state index contributed by atoms with van der Waals surface area (Å²) in [5.41, 5.74) is 0. The summed E-state index contributed by atoms with van der Waals surface area (Å²) in [6.45, 7) is 2.58. The number of allylic oxidation sites excluding steroid dienone is 2. The Labute approximate surface area is 151 Å². The lowest BCUT2D eigenvalue weighted by Crippen LogP contribution is -2.23. The standard InChI is InChI=1S/C24H42/c1-20(22-13-7-3-8-14-22)19-24(23-15-9-4-10-16-23)18-17-21-11-5-2-6-12-21/h17-18,20-24H,2-16,19H2,1H3/b18-17-. The summed E-state index contributed by atoms with van der Waals surface area (Å²) in [4.78, 5) is 0. The fourth-order valence-electron chi connectivity index (χ4n) is 5.94. The highest BCUT2D eigenvalue weighted by Gasteiger charge is 2.27. The van der Waals surface area contributed by atoms with Gasteiger partial charge >= 0.3 is 0 Å². The molecule has 0 bridgehead atoms. The molecule has 0 aromatic heterocycles. The quantitative estimate of drug-likeness (QED) is 0.434. The Morgan fingerprint density at radius 3 is 1.75 bits per heavy atom. The van der Waals surface area contributed by atoms with Gasteiger partial charge in [0, 0.05) is 0 Å². The van der Waals surface area contributed by atoms with Gasteiger partial charge in [0.15, 0.2) is 0 Å². The number of hydrogen-bond acceptors (Lipinski definition) is 0. The van der Waals surface area contributed by atoms with Gasteiger partial charge in [0.1, 0.15) is 0 Å². The van der Waals surface area contributed by atoms with Gasteiger partial charge in [-0.15, -0.1) is 0 Å². The van der Waals surface area contributed by atoms with Crippen molar-refractivity contribution in [2.75, 3.05) is 0 Å². The Morgan fingerprint density at radius 1 is 0.667 bits per heavy atom. The molecule has 2 unspecified atom stereocenters. The Morgan fingerprint density at radius 2 is 1.17 bits per heavy atom. The smallest absolute Gasteiger partial charge is 0.0202 e. The molecule has 0 N–H and O–H groups in total. The minimum absolute atomic E-state index is 0.893. The normalized spacial score (nSPS) is 28.2. The summed E-state index contributed by atoms with van der Waals surface area (Å²) in [5.74, 6) is 4.80. The second kappa shape index (κ2) is 10.0. The van der Waals surface area contributed by atoms with Gasteiger partial charge in [-0.1, -0.05) is 89.7 Å². The Hall–Kier alpha value is -0.260. The monoisotopic (exact) mass is 330 g/mol. The van der Waals surface area contributed by atoms with Crippen molar-refractivity contribution in [2.24, 2.45) is 29.6 Å². The molecule has 24 heavy (non-hydrogen) atoms. The van der Waals surface area contributed by atoms with E-state index in [1.807, 2.05) is 0 Å². The van der Waals surface area contributed by atoms with Crippen LogP contribution in [-0.2, 0) is 0 Å². The SMILES string of the molecule is CC(CC(/C=C\C1CCCCC1)C1CCCCC1)C1CCCCC1. The van der Waals surface area contributed by atoms with Crippen LogP contribution in [-0.4, -0.2) is 0 Å². The molecular weight excluding hydrogens is 288 g/mol. The highest BCUT2D eigenvalue weighted by atomic mass is 14.3. The maximum atomic E-state index is 2.73. The summed E-state index contributed by atoms with van der Waals surface area (Å²) in [6.07, 6.45) is 29.3. The predicted octanol–water partition coefficient (Wildman–Crippen LogP) is 7.93. The van der Waals surface area contributed by atoms with Gasteiger partial charge in [-0.25, -0.2) is 0 Å². The molecular formula is C24H42. The van der Waals surface area contributed by atoms with Crippen molar-refractivity contribution in [3.63, 3.8) is 0 Å². The predicted molar refractivity (Wildman–Crippen MR) is 106 cm³/mol. The largest absolute Gasteiger partial charge is 0.0851 e. The van der Waals surface area contributed by atoms with E-state index in [1.165, 1.54) is 103 Å². The minimum atomic E-state index is 0.893. The maximum absolute atomic E-state index is 2.73. The molecule has 0 amide bonds. The summed E-state index contributed by atoms with van der Waals surface area (Å²) in [7, 11) is 0. The maximum Gasteiger partial charge on any atom is -0.0202 e. The first-order valence-electron chi connectivity index (χ1n) is 11.5. The number of rotatable bonds is 6. The third-order valence-corrected chi connectivity index (χ3v) is 7.63. The molecule has 0 heteroatoms. The zero-order valence-corrected chi connectivity index (χ0v) is 16.4. The van der Waals surface area contributed by atoms with Gasteiger partial charge in [-0.2, -0.15) is 0 Å². The van der Waals surface area contributed by atoms with Crippen molar-refractivity contribution in [3.05, 3.63) is 12.2 Å². The third kappa shape index (κ3) is 5.63. The fourth-order valence-corrected chi connectivity index (χ4v) is 5.94. The van der Waals surface area contributed by atoms with Crippen molar-refractivity contribution in [1.82, 2.24) is 0 Å². The molecule has 0 heterocycles. The van der Waals surface area contributed by atoms with Gasteiger partial charge in [-0.05, 0) is 61.7 Å². The van der Waals surface area contributed by atoms with Crippen LogP contribution in [0.2, 0.25) is 0 Å². The molecule has 0 aromatic rings. The van der Waals surface area contributed by atoms with Gasteiger partial charge in [0.25, 0.3) is 0 Å². The van der Waals surface area contributed by atoms with E-state index in [2.05, 4.69) is 19.1 Å². The molecule has 3 saturated carbocycles. The summed E-state index contributed by atoms with van der Waals surface area (Å²) < 4.78 is 0.